The summed E-state index contributed by atoms with van der Waals surface area (Å²) in [5.74, 6) is 0.621. The molecule has 0 aliphatic rings. The van der Waals surface area contributed by atoms with Crippen LogP contribution in [0.5, 0.6) is 0 Å². The summed E-state index contributed by atoms with van der Waals surface area (Å²) in [6, 6.07) is 2.89. The number of anilines is 2. The maximum Gasteiger partial charge on any atom is 0.311 e. The van der Waals surface area contributed by atoms with E-state index in [1.54, 1.807) is 21.1 Å². The quantitative estimate of drug-likeness (QED) is 0.587. The van der Waals surface area contributed by atoms with Gasteiger partial charge in [-0.25, -0.2) is 4.98 Å². The van der Waals surface area contributed by atoms with Crippen molar-refractivity contribution in [2.45, 2.75) is 6.42 Å². The summed E-state index contributed by atoms with van der Waals surface area (Å²) in [4.78, 5) is 27.3. The maximum absolute atomic E-state index is 11.4. The third-order valence-electron chi connectivity index (χ3n) is 2.46. The molecule has 0 saturated carbocycles. The molecular weight excluding hydrogens is 250 g/mol. The Morgan fingerprint density at radius 2 is 2.16 bits per heavy atom. The second-order valence-electron chi connectivity index (χ2n) is 4.04. The van der Waals surface area contributed by atoms with Crippen LogP contribution in [0.3, 0.4) is 0 Å². The second kappa shape index (κ2) is 6.53. The van der Waals surface area contributed by atoms with Gasteiger partial charge < -0.3 is 15.5 Å². The molecule has 8 nitrogen and oxygen atoms in total. The second-order valence-corrected chi connectivity index (χ2v) is 4.04. The Balaban J connectivity index is 2.75. The van der Waals surface area contributed by atoms with Crippen LogP contribution in [0.25, 0.3) is 0 Å². The lowest BCUT2D eigenvalue weighted by Gasteiger charge is -2.11. The van der Waals surface area contributed by atoms with Crippen LogP contribution in [-0.2, 0) is 4.79 Å². The summed E-state index contributed by atoms with van der Waals surface area (Å²) in [7, 11) is 4.99. The molecule has 1 aromatic heterocycles. The molecule has 104 valence electrons. The first-order valence-corrected chi connectivity index (χ1v) is 5.73. The number of rotatable bonds is 6. The number of pyridine rings is 1. The molecule has 0 radical (unpaired) electrons. The van der Waals surface area contributed by atoms with Crippen molar-refractivity contribution in [3.63, 3.8) is 0 Å². The number of carbonyl (C=O) groups is 1. The van der Waals surface area contributed by atoms with Crippen molar-refractivity contribution in [3.8, 4) is 0 Å². The molecular formula is C11H17N5O3. The van der Waals surface area contributed by atoms with Crippen molar-refractivity contribution in [1.82, 2.24) is 9.88 Å². The predicted molar refractivity (Wildman–Crippen MR) is 72.2 cm³/mol. The first-order chi connectivity index (χ1) is 8.95. The highest BCUT2D eigenvalue weighted by Crippen LogP contribution is 2.23. The van der Waals surface area contributed by atoms with Gasteiger partial charge in [0.25, 0.3) is 0 Å². The van der Waals surface area contributed by atoms with E-state index in [4.69, 9.17) is 0 Å². The number of hydrogen-bond donors (Lipinski definition) is 2. The number of nitro groups is 1. The third-order valence-corrected chi connectivity index (χ3v) is 2.46. The number of carbonyl (C=O) groups excluding carboxylic acids is 1. The van der Waals surface area contributed by atoms with Gasteiger partial charge in [-0.1, -0.05) is 0 Å². The summed E-state index contributed by atoms with van der Waals surface area (Å²) in [5, 5.41) is 16.5. The highest BCUT2D eigenvalue weighted by atomic mass is 16.6. The van der Waals surface area contributed by atoms with Gasteiger partial charge in [-0.2, -0.15) is 0 Å². The van der Waals surface area contributed by atoms with E-state index in [2.05, 4.69) is 15.6 Å². The molecule has 0 aromatic carbocycles. The zero-order chi connectivity index (χ0) is 14.4. The number of aromatic nitrogens is 1. The Bertz CT molecular complexity index is 475. The van der Waals surface area contributed by atoms with Crippen molar-refractivity contribution in [2.24, 2.45) is 0 Å². The molecule has 1 rings (SSSR count). The van der Waals surface area contributed by atoms with Crippen LogP contribution in [0.4, 0.5) is 17.3 Å². The highest BCUT2D eigenvalue weighted by molar-refractivity contribution is 5.76. The van der Waals surface area contributed by atoms with E-state index in [0.29, 0.717) is 5.82 Å². The van der Waals surface area contributed by atoms with Gasteiger partial charge in [0.15, 0.2) is 0 Å². The fourth-order valence-electron chi connectivity index (χ4n) is 1.38. The third kappa shape index (κ3) is 4.09. The Kier molecular flexibility index (Phi) is 5.04. The minimum atomic E-state index is -0.511. The molecule has 1 amide bonds. The van der Waals surface area contributed by atoms with E-state index < -0.39 is 4.92 Å². The molecule has 19 heavy (non-hydrogen) atoms. The molecule has 0 aliphatic carbocycles. The number of nitrogens with one attached hydrogen (secondary N) is 2. The standard InChI is InChI=1S/C11H17N5O3/c1-12-9-5-4-8(16(18)19)11(14-9)13-7-6-10(17)15(2)3/h4-5H,6-7H2,1-3H3,(H2,12,13,14). The molecule has 2 N–H and O–H groups in total. The average molecular weight is 267 g/mol. The normalized spacial score (nSPS) is 9.84. The summed E-state index contributed by atoms with van der Waals surface area (Å²) >= 11 is 0. The van der Waals surface area contributed by atoms with Gasteiger partial charge in [-0.05, 0) is 6.07 Å². The average Bonchev–Trinajstić information content (AvgIpc) is 2.37. The largest absolute Gasteiger partial charge is 0.373 e. The molecule has 0 spiro atoms. The summed E-state index contributed by atoms with van der Waals surface area (Å²) in [6.45, 7) is 0.290. The van der Waals surface area contributed by atoms with Crippen molar-refractivity contribution >= 4 is 23.2 Å². The Morgan fingerprint density at radius 3 is 2.68 bits per heavy atom. The van der Waals surface area contributed by atoms with Crippen LogP contribution in [0.15, 0.2) is 12.1 Å². The molecule has 0 atom stereocenters. The van der Waals surface area contributed by atoms with Crippen LogP contribution >= 0.6 is 0 Å². The van der Waals surface area contributed by atoms with Crippen LogP contribution in [-0.4, -0.2) is 48.4 Å². The first-order valence-electron chi connectivity index (χ1n) is 5.73. The van der Waals surface area contributed by atoms with Gasteiger partial charge in [-0.3, -0.25) is 14.9 Å². The highest BCUT2D eigenvalue weighted by Gasteiger charge is 2.15. The van der Waals surface area contributed by atoms with Gasteiger partial charge in [0, 0.05) is 40.2 Å². The van der Waals surface area contributed by atoms with Gasteiger partial charge >= 0.3 is 5.69 Å². The van der Waals surface area contributed by atoms with Crippen LogP contribution in [0.2, 0.25) is 0 Å². The number of hydrogen-bond acceptors (Lipinski definition) is 6. The molecule has 0 fully saturated rings. The lowest BCUT2D eigenvalue weighted by atomic mass is 10.3. The fourth-order valence-corrected chi connectivity index (χ4v) is 1.38. The number of amides is 1. The Morgan fingerprint density at radius 1 is 1.47 bits per heavy atom. The van der Waals surface area contributed by atoms with Crippen molar-refractivity contribution < 1.29 is 9.72 Å². The number of nitrogens with zero attached hydrogens (tertiary/aromatic N) is 3. The Hall–Kier alpha value is -2.38. The molecule has 8 heteroatoms. The lowest BCUT2D eigenvalue weighted by Crippen LogP contribution is -2.24. The van der Waals surface area contributed by atoms with Gasteiger partial charge in [-0.15, -0.1) is 0 Å². The molecule has 0 aliphatic heterocycles. The van der Waals surface area contributed by atoms with E-state index in [1.165, 1.54) is 17.0 Å². The van der Waals surface area contributed by atoms with Crippen molar-refractivity contribution in [2.75, 3.05) is 38.3 Å². The molecule has 0 bridgehead atoms. The van der Waals surface area contributed by atoms with Crippen molar-refractivity contribution in [1.29, 1.82) is 0 Å². The first kappa shape index (κ1) is 14.7. The van der Waals surface area contributed by atoms with Gasteiger partial charge in [0.1, 0.15) is 5.82 Å². The van der Waals surface area contributed by atoms with Crippen molar-refractivity contribution in [3.05, 3.63) is 22.2 Å². The van der Waals surface area contributed by atoms with Gasteiger partial charge in [0.05, 0.1) is 4.92 Å². The van der Waals surface area contributed by atoms with E-state index >= 15 is 0 Å². The minimum absolute atomic E-state index is 0.0556. The van der Waals surface area contributed by atoms with E-state index in [1.807, 2.05) is 0 Å². The molecule has 1 heterocycles. The van der Waals surface area contributed by atoms with E-state index in [-0.39, 0.29) is 30.4 Å². The summed E-state index contributed by atoms with van der Waals surface area (Å²) in [6.07, 6.45) is 0.246. The molecule has 0 unspecified atom stereocenters. The van der Waals surface area contributed by atoms with Crippen LogP contribution in [0.1, 0.15) is 6.42 Å². The minimum Gasteiger partial charge on any atom is -0.373 e. The molecule has 0 saturated heterocycles. The SMILES string of the molecule is CNc1ccc([N+](=O)[O-])c(NCCC(=O)N(C)C)n1. The van der Waals surface area contributed by atoms with Crippen LogP contribution in [0, 0.1) is 10.1 Å². The fraction of sp³-hybridized carbons (Fsp3) is 0.455. The van der Waals surface area contributed by atoms with Gasteiger partial charge in [0.2, 0.25) is 11.7 Å². The molecule has 1 aromatic rings. The van der Waals surface area contributed by atoms with E-state index in [9.17, 15) is 14.9 Å². The monoisotopic (exact) mass is 267 g/mol. The lowest BCUT2D eigenvalue weighted by molar-refractivity contribution is -0.384. The summed E-state index contributed by atoms with van der Waals surface area (Å²) < 4.78 is 0. The predicted octanol–water partition coefficient (Wildman–Crippen LogP) is 0.922. The van der Waals surface area contributed by atoms with Crippen LogP contribution < -0.4 is 10.6 Å². The smallest absolute Gasteiger partial charge is 0.311 e. The van der Waals surface area contributed by atoms with E-state index in [0.717, 1.165) is 0 Å². The zero-order valence-corrected chi connectivity index (χ0v) is 11.1. The zero-order valence-electron chi connectivity index (χ0n) is 11.1. The summed E-state index contributed by atoms with van der Waals surface area (Å²) in [5.41, 5.74) is -0.115. The topological polar surface area (TPSA) is 100 Å². The Labute approximate surface area is 111 Å². The maximum atomic E-state index is 11.4.